The molecular weight excluding hydrogens is 246 g/mol. The van der Waals surface area contributed by atoms with Crippen LogP contribution in [0.3, 0.4) is 0 Å². The van der Waals surface area contributed by atoms with Gasteiger partial charge in [-0.3, -0.25) is 0 Å². The van der Waals surface area contributed by atoms with Gasteiger partial charge in [-0.15, -0.1) is 0 Å². The van der Waals surface area contributed by atoms with Crippen LogP contribution in [0.1, 0.15) is 11.3 Å². The van der Waals surface area contributed by atoms with Gasteiger partial charge in [0.1, 0.15) is 5.69 Å². The first kappa shape index (κ1) is 9.21. The van der Waals surface area contributed by atoms with Crippen LogP contribution in [0.25, 0.3) is 0 Å². The number of halogens is 1. The summed E-state index contributed by atoms with van der Waals surface area (Å²) in [5.74, 6) is 0.355. The second-order valence-electron chi connectivity index (χ2n) is 2.90. The minimum atomic E-state index is 0.355. The lowest BCUT2D eigenvalue weighted by atomic mass is 10.1. The van der Waals surface area contributed by atoms with E-state index in [1.807, 2.05) is 24.3 Å². The van der Waals surface area contributed by atoms with Gasteiger partial charge in [0.25, 0.3) is 0 Å². The highest BCUT2D eigenvalue weighted by Gasteiger charge is 2.06. The van der Waals surface area contributed by atoms with E-state index in [9.17, 15) is 0 Å². The van der Waals surface area contributed by atoms with E-state index in [1.165, 1.54) is 0 Å². The lowest BCUT2D eigenvalue weighted by Crippen LogP contribution is -1.94. The molecule has 0 aliphatic heterocycles. The van der Waals surface area contributed by atoms with E-state index in [2.05, 4.69) is 30.9 Å². The molecule has 2 aromatic rings. The average molecular weight is 254 g/mol. The molecule has 1 aromatic heterocycles. The van der Waals surface area contributed by atoms with Crippen molar-refractivity contribution < 1.29 is 4.63 Å². The number of anilines is 1. The Bertz CT molecular complexity index is 424. The molecule has 0 saturated carbocycles. The summed E-state index contributed by atoms with van der Waals surface area (Å²) in [6.45, 7) is 0. The Morgan fingerprint density at radius 3 is 2.50 bits per heavy atom. The first-order valence-electron chi connectivity index (χ1n) is 4.07. The van der Waals surface area contributed by atoms with Gasteiger partial charge in [-0.2, -0.15) is 0 Å². The number of nitrogens with zero attached hydrogens (tertiary/aromatic N) is 2. The van der Waals surface area contributed by atoms with E-state index in [0.29, 0.717) is 17.9 Å². The Balaban J connectivity index is 2.19. The van der Waals surface area contributed by atoms with E-state index >= 15 is 0 Å². The van der Waals surface area contributed by atoms with Gasteiger partial charge in [-0.05, 0) is 22.9 Å². The second-order valence-corrected chi connectivity index (χ2v) is 3.82. The van der Waals surface area contributed by atoms with Crippen LogP contribution in [-0.2, 0) is 6.42 Å². The number of hydrogen-bond donors (Lipinski definition) is 1. The van der Waals surface area contributed by atoms with Crippen LogP contribution >= 0.6 is 15.9 Å². The van der Waals surface area contributed by atoms with E-state index in [-0.39, 0.29) is 0 Å². The number of nitrogens with two attached hydrogens (primary N) is 1. The molecule has 4 nitrogen and oxygen atoms in total. The van der Waals surface area contributed by atoms with Crippen molar-refractivity contribution in [3.05, 3.63) is 40.0 Å². The molecule has 72 valence electrons. The predicted octanol–water partition coefficient (Wildman–Crippen LogP) is 2.01. The Morgan fingerprint density at radius 1 is 1.21 bits per heavy atom. The topological polar surface area (TPSA) is 64.9 Å². The largest absolute Gasteiger partial charge is 0.379 e. The zero-order valence-corrected chi connectivity index (χ0v) is 8.86. The summed E-state index contributed by atoms with van der Waals surface area (Å²) in [5.41, 5.74) is 7.34. The molecule has 1 heterocycles. The third kappa shape index (κ3) is 1.93. The maximum absolute atomic E-state index is 5.54. The maximum Gasteiger partial charge on any atom is 0.191 e. The zero-order chi connectivity index (χ0) is 9.97. The fourth-order valence-corrected chi connectivity index (χ4v) is 1.40. The van der Waals surface area contributed by atoms with Crippen LogP contribution < -0.4 is 5.73 Å². The monoisotopic (exact) mass is 253 g/mol. The highest BCUT2D eigenvalue weighted by atomic mass is 79.9. The summed E-state index contributed by atoms with van der Waals surface area (Å²) >= 11 is 3.37. The van der Waals surface area contributed by atoms with Crippen molar-refractivity contribution in [3.63, 3.8) is 0 Å². The van der Waals surface area contributed by atoms with E-state index < -0.39 is 0 Å². The molecule has 2 rings (SSSR count). The van der Waals surface area contributed by atoms with Gasteiger partial charge in [0, 0.05) is 10.9 Å². The fourth-order valence-electron chi connectivity index (χ4n) is 1.13. The molecule has 1 aromatic carbocycles. The van der Waals surface area contributed by atoms with Gasteiger partial charge in [-0.1, -0.05) is 33.2 Å². The van der Waals surface area contributed by atoms with Crippen molar-refractivity contribution in [1.29, 1.82) is 0 Å². The van der Waals surface area contributed by atoms with Crippen molar-refractivity contribution in [2.24, 2.45) is 0 Å². The highest BCUT2D eigenvalue weighted by molar-refractivity contribution is 9.10. The highest BCUT2D eigenvalue weighted by Crippen LogP contribution is 2.15. The molecule has 0 radical (unpaired) electrons. The van der Waals surface area contributed by atoms with E-state index in [1.54, 1.807) is 0 Å². The summed E-state index contributed by atoms with van der Waals surface area (Å²) < 4.78 is 5.56. The normalized spacial score (nSPS) is 10.4. The minimum absolute atomic E-state index is 0.355. The molecule has 0 amide bonds. The third-order valence-electron chi connectivity index (χ3n) is 1.87. The lowest BCUT2D eigenvalue weighted by molar-refractivity contribution is 0.305. The van der Waals surface area contributed by atoms with Crippen molar-refractivity contribution in [2.75, 3.05) is 5.73 Å². The van der Waals surface area contributed by atoms with E-state index in [0.717, 1.165) is 10.0 Å². The number of benzene rings is 1. The number of nitrogen functional groups attached to an aromatic ring is 1. The van der Waals surface area contributed by atoms with Gasteiger partial charge in [0.05, 0.1) is 0 Å². The van der Waals surface area contributed by atoms with Crippen LogP contribution in [0.5, 0.6) is 0 Å². The Hall–Kier alpha value is -1.36. The molecule has 14 heavy (non-hydrogen) atoms. The van der Waals surface area contributed by atoms with Crippen LogP contribution in [0.15, 0.2) is 33.4 Å². The summed E-state index contributed by atoms with van der Waals surface area (Å²) in [6.07, 6.45) is 0.641. The molecule has 2 N–H and O–H groups in total. The first-order valence-corrected chi connectivity index (χ1v) is 4.86. The lowest BCUT2D eigenvalue weighted by Gasteiger charge is -1.97. The smallest absolute Gasteiger partial charge is 0.191 e. The van der Waals surface area contributed by atoms with Gasteiger partial charge >= 0.3 is 0 Å². The summed E-state index contributed by atoms with van der Waals surface area (Å²) in [5, 5.41) is 7.22. The number of rotatable bonds is 2. The molecule has 0 aliphatic carbocycles. The second kappa shape index (κ2) is 3.79. The van der Waals surface area contributed by atoms with Crippen molar-refractivity contribution in [1.82, 2.24) is 10.3 Å². The van der Waals surface area contributed by atoms with E-state index in [4.69, 9.17) is 5.73 Å². The van der Waals surface area contributed by atoms with Crippen LogP contribution in [0.4, 0.5) is 5.82 Å². The molecule has 0 saturated heterocycles. The van der Waals surface area contributed by atoms with Crippen LogP contribution in [0.2, 0.25) is 0 Å². The summed E-state index contributed by atoms with van der Waals surface area (Å²) in [7, 11) is 0. The SMILES string of the molecule is Nc1nonc1Cc1ccc(Br)cc1. The van der Waals surface area contributed by atoms with Gasteiger partial charge < -0.3 is 5.73 Å². The molecule has 0 aliphatic rings. The van der Waals surface area contributed by atoms with Crippen molar-refractivity contribution in [3.8, 4) is 0 Å². The Labute approximate surface area is 89.2 Å². The fraction of sp³-hybridized carbons (Fsp3) is 0.111. The quantitative estimate of drug-likeness (QED) is 0.890. The molecule has 0 spiro atoms. The Kier molecular flexibility index (Phi) is 2.49. The van der Waals surface area contributed by atoms with Gasteiger partial charge in [-0.25, -0.2) is 4.63 Å². The number of hydrogen-bond acceptors (Lipinski definition) is 4. The average Bonchev–Trinajstić information content (AvgIpc) is 2.56. The predicted molar refractivity (Wildman–Crippen MR) is 55.7 cm³/mol. The molecule has 0 atom stereocenters. The molecule has 5 heteroatoms. The van der Waals surface area contributed by atoms with Crippen LogP contribution in [-0.4, -0.2) is 10.3 Å². The van der Waals surface area contributed by atoms with Gasteiger partial charge in [0.15, 0.2) is 5.82 Å². The molecular formula is C9H8BrN3O. The number of aromatic nitrogens is 2. The molecule has 0 unspecified atom stereocenters. The third-order valence-corrected chi connectivity index (χ3v) is 2.40. The first-order chi connectivity index (χ1) is 6.75. The standard InChI is InChI=1S/C9H8BrN3O/c10-7-3-1-6(2-4-7)5-8-9(11)13-14-12-8/h1-4H,5H2,(H2,11,13). The van der Waals surface area contributed by atoms with Gasteiger partial charge in [0.2, 0.25) is 0 Å². The van der Waals surface area contributed by atoms with Crippen LogP contribution in [0, 0.1) is 0 Å². The molecule has 0 bridgehead atoms. The van der Waals surface area contributed by atoms with Crippen molar-refractivity contribution in [2.45, 2.75) is 6.42 Å². The summed E-state index contributed by atoms with van der Waals surface area (Å²) in [6, 6.07) is 7.94. The van der Waals surface area contributed by atoms with Crippen molar-refractivity contribution >= 4 is 21.7 Å². The Morgan fingerprint density at radius 2 is 1.93 bits per heavy atom. The minimum Gasteiger partial charge on any atom is -0.379 e. The zero-order valence-electron chi connectivity index (χ0n) is 7.27. The molecule has 0 fully saturated rings. The maximum atomic E-state index is 5.54. The summed E-state index contributed by atoms with van der Waals surface area (Å²) in [4.78, 5) is 0.